The molecular weight excluding hydrogens is 278 g/mol. The number of alkyl halides is 1. The van der Waals surface area contributed by atoms with Crippen molar-refractivity contribution >= 4 is 21.6 Å². The summed E-state index contributed by atoms with van der Waals surface area (Å²) in [7, 11) is -3.59. The second-order valence-electron chi connectivity index (χ2n) is 3.55. The number of sulfonamides is 1. The Morgan fingerprint density at radius 2 is 2.11 bits per heavy atom. The first-order valence-corrected chi connectivity index (χ1v) is 7.76. The van der Waals surface area contributed by atoms with Crippen LogP contribution >= 0.6 is 11.6 Å². The Morgan fingerprint density at radius 3 is 2.61 bits per heavy atom. The molecule has 0 atom stereocenters. The van der Waals surface area contributed by atoms with E-state index in [0.717, 1.165) is 0 Å². The highest BCUT2D eigenvalue weighted by atomic mass is 35.5. The molecule has 7 heteroatoms. The number of furan rings is 1. The Labute approximate surface area is 113 Å². The minimum absolute atomic E-state index is 0.0727. The molecule has 1 rings (SSSR count). The van der Waals surface area contributed by atoms with E-state index in [1.807, 2.05) is 6.92 Å². The first-order chi connectivity index (χ1) is 8.56. The van der Waals surface area contributed by atoms with Gasteiger partial charge in [0.25, 0.3) is 10.0 Å². The molecule has 1 aromatic rings. The van der Waals surface area contributed by atoms with Crippen molar-refractivity contribution in [3.8, 4) is 0 Å². The van der Waals surface area contributed by atoms with Gasteiger partial charge in [0.05, 0.1) is 12.5 Å². The zero-order chi connectivity index (χ0) is 13.6. The Hall–Kier alpha value is -0.560. The standard InChI is InChI=1S/C11H18ClNO4S/c1-3-13(7-8-16-4-2)18(14,15)11-6-5-10(9-12)17-11/h5-6H,3-4,7-9H2,1-2H3. The zero-order valence-electron chi connectivity index (χ0n) is 10.6. The largest absolute Gasteiger partial charge is 0.447 e. The third-order valence-electron chi connectivity index (χ3n) is 2.40. The van der Waals surface area contributed by atoms with Crippen LogP contribution in [0.3, 0.4) is 0 Å². The number of halogens is 1. The van der Waals surface area contributed by atoms with E-state index in [1.165, 1.54) is 10.4 Å². The smallest absolute Gasteiger partial charge is 0.276 e. The molecule has 0 radical (unpaired) electrons. The molecule has 0 aromatic carbocycles. The molecule has 0 bridgehead atoms. The van der Waals surface area contributed by atoms with E-state index >= 15 is 0 Å². The van der Waals surface area contributed by atoms with Crippen LogP contribution < -0.4 is 0 Å². The van der Waals surface area contributed by atoms with E-state index < -0.39 is 10.0 Å². The van der Waals surface area contributed by atoms with Gasteiger partial charge in [-0.3, -0.25) is 0 Å². The lowest BCUT2D eigenvalue weighted by Gasteiger charge is -2.18. The predicted molar refractivity (Wildman–Crippen MR) is 69.2 cm³/mol. The monoisotopic (exact) mass is 295 g/mol. The van der Waals surface area contributed by atoms with Crippen molar-refractivity contribution in [1.82, 2.24) is 4.31 Å². The van der Waals surface area contributed by atoms with E-state index in [9.17, 15) is 8.42 Å². The van der Waals surface area contributed by atoms with Gasteiger partial charge in [-0.25, -0.2) is 8.42 Å². The van der Waals surface area contributed by atoms with Crippen molar-refractivity contribution in [3.05, 3.63) is 17.9 Å². The average molecular weight is 296 g/mol. The van der Waals surface area contributed by atoms with Crippen LogP contribution in [-0.2, 0) is 20.6 Å². The first kappa shape index (κ1) is 15.5. The maximum absolute atomic E-state index is 12.2. The molecule has 0 aliphatic carbocycles. The summed E-state index contributed by atoms with van der Waals surface area (Å²) < 4.78 is 36.1. The maximum Gasteiger partial charge on any atom is 0.276 e. The van der Waals surface area contributed by atoms with Gasteiger partial charge in [0.2, 0.25) is 5.09 Å². The van der Waals surface area contributed by atoms with Gasteiger partial charge >= 0.3 is 0 Å². The Balaban J connectivity index is 2.82. The van der Waals surface area contributed by atoms with Gasteiger partial charge in [-0.05, 0) is 19.1 Å². The van der Waals surface area contributed by atoms with Crippen LogP contribution in [-0.4, -0.2) is 39.0 Å². The molecule has 5 nitrogen and oxygen atoms in total. The summed E-state index contributed by atoms with van der Waals surface area (Å²) in [5.74, 6) is 0.594. The van der Waals surface area contributed by atoms with Gasteiger partial charge in [-0.2, -0.15) is 4.31 Å². The van der Waals surface area contributed by atoms with Crippen molar-refractivity contribution in [2.75, 3.05) is 26.3 Å². The zero-order valence-corrected chi connectivity index (χ0v) is 12.1. The molecule has 0 saturated carbocycles. The molecule has 0 saturated heterocycles. The lowest BCUT2D eigenvalue weighted by Crippen LogP contribution is -2.33. The summed E-state index contributed by atoms with van der Waals surface area (Å²) in [5.41, 5.74) is 0. The fourth-order valence-corrected chi connectivity index (χ4v) is 2.96. The van der Waals surface area contributed by atoms with Crippen LogP contribution in [0.5, 0.6) is 0 Å². The fraction of sp³-hybridized carbons (Fsp3) is 0.636. The number of hydrogen-bond acceptors (Lipinski definition) is 4. The molecule has 0 amide bonds. The predicted octanol–water partition coefficient (Wildman–Crippen LogP) is 2.07. The SMILES string of the molecule is CCOCCN(CC)S(=O)(=O)c1ccc(CCl)o1. The van der Waals surface area contributed by atoms with Gasteiger partial charge < -0.3 is 9.15 Å². The first-order valence-electron chi connectivity index (χ1n) is 5.78. The summed E-state index contributed by atoms with van der Waals surface area (Å²) in [4.78, 5) is 0. The highest BCUT2D eigenvalue weighted by Gasteiger charge is 2.26. The lowest BCUT2D eigenvalue weighted by molar-refractivity contribution is 0.135. The lowest BCUT2D eigenvalue weighted by atomic mass is 10.5. The maximum atomic E-state index is 12.2. The van der Waals surface area contributed by atoms with Gasteiger partial charge in [-0.1, -0.05) is 6.92 Å². The summed E-state index contributed by atoms with van der Waals surface area (Å²) in [6, 6.07) is 2.99. The quantitative estimate of drug-likeness (QED) is 0.544. The van der Waals surface area contributed by atoms with Crippen LogP contribution in [0.1, 0.15) is 19.6 Å². The summed E-state index contributed by atoms with van der Waals surface area (Å²) in [6.07, 6.45) is 0. The highest BCUT2D eigenvalue weighted by Crippen LogP contribution is 2.19. The number of ether oxygens (including phenoxy) is 1. The normalized spacial score (nSPS) is 12.2. The van der Waals surface area contributed by atoms with Gasteiger partial charge in [0.15, 0.2) is 0 Å². The molecule has 0 unspecified atom stereocenters. The number of hydrogen-bond donors (Lipinski definition) is 0. The van der Waals surface area contributed by atoms with E-state index in [2.05, 4.69) is 0 Å². The average Bonchev–Trinajstić information content (AvgIpc) is 2.83. The molecule has 18 heavy (non-hydrogen) atoms. The van der Waals surface area contributed by atoms with Crippen LogP contribution in [0, 0.1) is 0 Å². The fourth-order valence-electron chi connectivity index (χ4n) is 1.45. The van der Waals surface area contributed by atoms with E-state index in [0.29, 0.717) is 32.1 Å². The van der Waals surface area contributed by atoms with Crippen molar-refractivity contribution in [2.24, 2.45) is 0 Å². The van der Waals surface area contributed by atoms with Gasteiger partial charge in [0, 0.05) is 19.7 Å². The third-order valence-corrected chi connectivity index (χ3v) is 4.52. The number of likely N-dealkylation sites (N-methyl/N-ethyl adjacent to an activating group) is 1. The van der Waals surface area contributed by atoms with E-state index in [1.54, 1.807) is 13.0 Å². The summed E-state index contributed by atoms with van der Waals surface area (Å²) in [5, 5.41) is -0.0727. The third kappa shape index (κ3) is 3.71. The van der Waals surface area contributed by atoms with Crippen molar-refractivity contribution in [1.29, 1.82) is 0 Å². The Bertz CT molecular complexity index is 457. The molecule has 1 heterocycles. The van der Waals surface area contributed by atoms with Crippen molar-refractivity contribution in [2.45, 2.75) is 24.8 Å². The molecule has 0 aliphatic rings. The number of rotatable bonds is 8. The van der Waals surface area contributed by atoms with E-state index in [4.69, 9.17) is 20.8 Å². The molecule has 0 fully saturated rings. The molecule has 104 valence electrons. The minimum Gasteiger partial charge on any atom is -0.447 e. The molecule has 1 aromatic heterocycles. The van der Waals surface area contributed by atoms with E-state index in [-0.39, 0.29) is 11.0 Å². The van der Waals surface area contributed by atoms with Gasteiger partial charge in [0.1, 0.15) is 5.76 Å². The second kappa shape index (κ2) is 7.13. The molecular formula is C11H18ClNO4S. The van der Waals surface area contributed by atoms with Crippen LogP contribution in [0.15, 0.2) is 21.6 Å². The van der Waals surface area contributed by atoms with Gasteiger partial charge in [-0.15, -0.1) is 11.6 Å². The summed E-state index contributed by atoms with van der Waals surface area (Å²) >= 11 is 5.58. The van der Waals surface area contributed by atoms with Crippen molar-refractivity contribution in [3.63, 3.8) is 0 Å². The minimum atomic E-state index is -3.59. The summed E-state index contributed by atoms with van der Waals surface area (Å²) in [6.45, 7) is 5.25. The highest BCUT2D eigenvalue weighted by molar-refractivity contribution is 7.89. The Morgan fingerprint density at radius 1 is 1.39 bits per heavy atom. The van der Waals surface area contributed by atoms with Crippen molar-refractivity contribution < 1.29 is 17.6 Å². The molecule has 0 spiro atoms. The van der Waals surface area contributed by atoms with Crippen LogP contribution in [0.25, 0.3) is 0 Å². The van der Waals surface area contributed by atoms with Crippen LogP contribution in [0.4, 0.5) is 0 Å². The number of nitrogens with zero attached hydrogens (tertiary/aromatic N) is 1. The van der Waals surface area contributed by atoms with Crippen LogP contribution in [0.2, 0.25) is 0 Å². The Kier molecular flexibility index (Phi) is 6.14. The second-order valence-corrected chi connectivity index (χ2v) is 5.68. The topological polar surface area (TPSA) is 59.8 Å². The molecule has 0 N–H and O–H groups in total. The molecule has 0 aliphatic heterocycles.